The summed E-state index contributed by atoms with van der Waals surface area (Å²) < 4.78 is 0. The van der Waals surface area contributed by atoms with Crippen LogP contribution in [0.1, 0.15) is 51.3 Å². The van der Waals surface area contributed by atoms with Crippen molar-refractivity contribution in [2.75, 3.05) is 0 Å². The highest BCUT2D eigenvalue weighted by Gasteiger charge is 2.13. The van der Waals surface area contributed by atoms with Crippen LogP contribution in [0.15, 0.2) is 60.2 Å². The number of hydrogen-bond donors (Lipinski definition) is 1. The van der Waals surface area contributed by atoms with E-state index in [1.165, 1.54) is 28.0 Å². The molecule has 2 aromatic carbocycles. The van der Waals surface area contributed by atoms with E-state index >= 15 is 0 Å². The van der Waals surface area contributed by atoms with Gasteiger partial charge >= 0.3 is 0 Å². The number of benzene rings is 2. The van der Waals surface area contributed by atoms with E-state index < -0.39 is 0 Å². The van der Waals surface area contributed by atoms with Gasteiger partial charge in [0.2, 0.25) is 0 Å². The molecule has 0 aromatic heterocycles. The Labute approximate surface area is 135 Å². The van der Waals surface area contributed by atoms with Crippen LogP contribution in [0, 0.1) is 0 Å². The van der Waals surface area contributed by atoms with E-state index in [2.05, 4.69) is 94.5 Å². The smallest absolute Gasteiger partial charge is 0.0402 e. The van der Waals surface area contributed by atoms with E-state index in [4.69, 9.17) is 0 Å². The summed E-state index contributed by atoms with van der Waals surface area (Å²) in [5, 5.41) is 3.59. The Morgan fingerprint density at radius 1 is 0.864 bits per heavy atom. The van der Waals surface area contributed by atoms with Gasteiger partial charge in [0.15, 0.2) is 0 Å². The maximum atomic E-state index is 3.59. The van der Waals surface area contributed by atoms with Crippen LogP contribution in [0.25, 0.3) is 5.70 Å². The third-order valence-corrected chi connectivity index (χ3v) is 3.85. The molecule has 0 heterocycles. The highest BCUT2D eigenvalue weighted by atomic mass is 14.9. The van der Waals surface area contributed by atoms with Crippen LogP contribution in [-0.2, 0) is 12.0 Å². The minimum absolute atomic E-state index is 0.196. The van der Waals surface area contributed by atoms with Crippen LogP contribution < -0.4 is 5.32 Å². The highest BCUT2D eigenvalue weighted by Crippen LogP contribution is 2.24. The third-order valence-electron chi connectivity index (χ3n) is 3.85. The van der Waals surface area contributed by atoms with E-state index in [1.807, 2.05) is 0 Å². The summed E-state index contributed by atoms with van der Waals surface area (Å²) >= 11 is 0. The van der Waals surface area contributed by atoms with Crippen molar-refractivity contribution in [2.45, 2.75) is 46.6 Å². The molecule has 116 valence electrons. The van der Waals surface area contributed by atoms with Crippen LogP contribution >= 0.6 is 0 Å². The molecule has 0 spiro atoms. The molecule has 0 radical (unpaired) electrons. The van der Waals surface area contributed by atoms with Gasteiger partial charge in [-0.05, 0) is 36.0 Å². The predicted octanol–water partition coefficient (Wildman–Crippen LogP) is 5.52. The van der Waals surface area contributed by atoms with Gasteiger partial charge in [-0.25, -0.2) is 0 Å². The first-order chi connectivity index (χ1) is 10.4. The van der Waals surface area contributed by atoms with Gasteiger partial charge < -0.3 is 5.32 Å². The van der Waals surface area contributed by atoms with E-state index in [1.54, 1.807) is 0 Å². The van der Waals surface area contributed by atoms with Gasteiger partial charge in [-0.3, -0.25) is 0 Å². The highest BCUT2D eigenvalue weighted by molar-refractivity contribution is 5.66. The third kappa shape index (κ3) is 4.24. The second kappa shape index (κ2) is 6.83. The zero-order valence-electron chi connectivity index (χ0n) is 14.4. The fourth-order valence-corrected chi connectivity index (χ4v) is 2.49. The van der Waals surface area contributed by atoms with Crippen molar-refractivity contribution in [2.24, 2.45) is 0 Å². The van der Waals surface area contributed by atoms with Crippen molar-refractivity contribution in [3.8, 4) is 0 Å². The van der Waals surface area contributed by atoms with Gasteiger partial charge in [0, 0.05) is 12.2 Å². The number of rotatable bonds is 4. The van der Waals surface area contributed by atoms with Crippen molar-refractivity contribution < 1.29 is 0 Å². The van der Waals surface area contributed by atoms with Gasteiger partial charge in [0.1, 0.15) is 0 Å². The van der Waals surface area contributed by atoms with Gasteiger partial charge in [0.05, 0.1) is 0 Å². The summed E-state index contributed by atoms with van der Waals surface area (Å²) in [5.74, 6) is 0. The number of hydrogen-bond acceptors (Lipinski definition) is 1. The minimum Gasteiger partial charge on any atom is -0.381 e. The molecule has 1 N–H and O–H groups in total. The van der Waals surface area contributed by atoms with Crippen LogP contribution in [-0.4, -0.2) is 0 Å². The molecule has 0 atom stereocenters. The lowest BCUT2D eigenvalue weighted by Gasteiger charge is -2.20. The van der Waals surface area contributed by atoms with Crippen LogP contribution in [0.4, 0.5) is 0 Å². The standard InChI is InChI=1S/C21H27N/c1-16(2)20(22-15-17-9-7-6-8-10-17)18-11-13-19(14-12-18)21(3,4)5/h6-14,22H,15H2,1-5H3. The topological polar surface area (TPSA) is 12.0 Å². The van der Waals surface area contributed by atoms with Crippen molar-refractivity contribution in [1.29, 1.82) is 0 Å². The molecule has 0 aliphatic rings. The quantitative estimate of drug-likeness (QED) is 0.782. The first-order valence-corrected chi connectivity index (χ1v) is 7.94. The normalized spacial score (nSPS) is 11.1. The Balaban J connectivity index is 2.17. The van der Waals surface area contributed by atoms with Gasteiger partial charge in [-0.15, -0.1) is 0 Å². The first-order valence-electron chi connectivity index (χ1n) is 7.94. The molecule has 22 heavy (non-hydrogen) atoms. The second-order valence-electron chi connectivity index (χ2n) is 7.04. The van der Waals surface area contributed by atoms with Gasteiger partial charge in [-0.2, -0.15) is 0 Å². The molecule has 0 bridgehead atoms. The molecule has 0 unspecified atom stereocenters. The lowest BCUT2D eigenvalue weighted by atomic mass is 9.86. The summed E-state index contributed by atoms with van der Waals surface area (Å²) in [6.07, 6.45) is 0. The fraction of sp³-hybridized carbons (Fsp3) is 0.333. The SMILES string of the molecule is CC(C)=C(NCc1ccccc1)c1ccc(C(C)(C)C)cc1. The minimum atomic E-state index is 0.196. The molecule has 0 saturated heterocycles. The summed E-state index contributed by atoms with van der Waals surface area (Å²) in [5.41, 5.74) is 6.65. The van der Waals surface area contributed by atoms with Crippen molar-refractivity contribution >= 4 is 5.70 Å². The van der Waals surface area contributed by atoms with Gasteiger partial charge in [0.25, 0.3) is 0 Å². The summed E-state index contributed by atoms with van der Waals surface area (Å²) in [7, 11) is 0. The molecular weight excluding hydrogens is 266 g/mol. The second-order valence-corrected chi connectivity index (χ2v) is 7.04. The van der Waals surface area contributed by atoms with E-state index in [-0.39, 0.29) is 5.41 Å². The summed E-state index contributed by atoms with van der Waals surface area (Å²) in [6, 6.07) is 19.4. The number of allylic oxidation sites excluding steroid dienone is 1. The molecule has 0 aliphatic heterocycles. The zero-order chi connectivity index (χ0) is 16.2. The van der Waals surface area contributed by atoms with Gasteiger partial charge in [-0.1, -0.05) is 80.9 Å². The molecule has 0 saturated carbocycles. The van der Waals surface area contributed by atoms with Crippen molar-refractivity contribution in [3.63, 3.8) is 0 Å². The Kier molecular flexibility index (Phi) is 5.07. The van der Waals surface area contributed by atoms with Crippen LogP contribution in [0.2, 0.25) is 0 Å². The van der Waals surface area contributed by atoms with Crippen molar-refractivity contribution in [3.05, 3.63) is 76.9 Å². The summed E-state index contributed by atoms with van der Waals surface area (Å²) in [6.45, 7) is 11.9. The first kappa shape index (κ1) is 16.4. The molecule has 1 nitrogen and oxygen atoms in total. The van der Waals surface area contributed by atoms with E-state index in [0.29, 0.717) is 0 Å². The lowest BCUT2D eigenvalue weighted by Crippen LogP contribution is -2.14. The predicted molar refractivity (Wildman–Crippen MR) is 96.7 cm³/mol. The monoisotopic (exact) mass is 293 g/mol. The maximum absolute atomic E-state index is 3.59. The fourth-order valence-electron chi connectivity index (χ4n) is 2.49. The maximum Gasteiger partial charge on any atom is 0.0402 e. The lowest BCUT2D eigenvalue weighted by molar-refractivity contribution is 0.590. The molecule has 0 aliphatic carbocycles. The Bertz CT molecular complexity index is 624. The van der Waals surface area contributed by atoms with Crippen LogP contribution in [0.3, 0.4) is 0 Å². The van der Waals surface area contributed by atoms with Crippen LogP contribution in [0.5, 0.6) is 0 Å². The van der Waals surface area contributed by atoms with Crippen molar-refractivity contribution in [1.82, 2.24) is 5.32 Å². The molecule has 2 rings (SSSR count). The van der Waals surface area contributed by atoms with E-state index in [0.717, 1.165) is 6.54 Å². The largest absolute Gasteiger partial charge is 0.381 e. The molecular formula is C21H27N. The molecule has 2 aromatic rings. The Morgan fingerprint density at radius 3 is 1.95 bits per heavy atom. The molecule has 0 amide bonds. The summed E-state index contributed by atoms with van der Waals surface area (Å²) in [4.78, 5) is 0. The average molecular weight is 293 g/mol. The Hall–Kier alpha value is -2.02. The Morgan fingerprint density at radius 2 is 1.45 bits per heavy atom. The average Bonchev–Trinajstić information content (AvgIpc) is 2.48. The zero-order valence-corrected chi connectivity index (χ0v) is 14.4. The molecule has 0 fully saturated rings. The van der Waals surface area contributed by atoms with E-state index in [9.17, 15) is 0 Å². The number of nitrogens with one attached hydrogen (secondary N) is 1. The molecule has 1 heteroatoms.